The first kappa shape index (κ1) is 17.6. The summed E-state index contributed by atoms with van der Waals surface area (Å²) in [5, 5.41) is 2.97. The molecule has 2 aliphatic heterocycles. The highest BCUT2D eigenvalue weighted by atomic mass is 16.6. The molecule has 146 valence electrons. The Bertz CT molecular complexity index is 1050. The van der Waals surface area contributed by atoms with E-state index in [9.17, 15) is 4.79 Å². The zero-order valence-corrected chi connectivity index (χ0v) is 15.9. The summed E-state index contributed by atoms with van der Waals surface area (Å²) in [6.07, 6.45) is 0.384. The van der Waals surface area contributed by atoms with E-state index < -0.39 is 0 Å². The van der Waals surface area contributed by atoms with Crippen LogP contribution in [0.4, 0.5) is 5.69 Å². The highest BCUT2D eigenvalue weighted by Crippen LogP contribution is 2.44. The van der Waals surface area contributed by atoms with E-state index in [0.717, 1.165) is 33.9 Å². The molecule has 0 saturated heterocycles. The van der Waals surface area contributed by atoms with E-state index >= 15 is 0 Å². The molecule has 1 atom stereocenters. The molecule has 0 bridgehead atoms. The minimum Gasteiger partial charge on any atom is -0.489 e. The van der Waals surface area contributed by atoms with Crippen LogP contribution in [0.3, 0.4) is 0 Å². The van der Waals surface area contributed by atoms with Crippen molar-refractivity contribution in [2.45, 2.75) is 18.9 Å². The van der Waals surface area contributed by atoms with Gasteiger partial charge in [-0.15, -0.1) is 0 Å². The average molecular weight is 387 g/mol. The number of nitrogens with one attached hydrogen (secondary N) is 1. The molecular formula is C24H21NO4. The smallest absolute Gasteiger partial charge is 0.225 e. The predicted octanol–water partition coefficient (Wildman–Crippen LogP) is 4.51. The van der Waals surface area contributed by atoms with Crippen LogP contribution in [0.15, 0.2) is 66.7 Å². The maximum atomic E-state index is 12.4. The fourth-order valence-electron chi connectivity index (χ4n) is 3.86. The van der Waals surface area contributed by atoms with Gasteiger partial charge in [0.25, 0.3) is 0 Å². The van der Waals surface area contributed by atoms with Crippen molar-refractivity contribution in [3.8, 4) is 17.2 Å². The second kappa shape index (κ2) is 7.51. The first-order valence-electron chi connectivity index (χ1n) is 9.76. The van der Waals surface area contributed by atoms with Gasteiger partial charge in [0, 0.05) is 24.1 Å². The van der Waals surface area contributed by atoms with E-state index in [-0.39, 0.29) is 11.8 Å². The summed E-state index contributed by atoms with van der Waals surface area (Å²) >= 11 is 0. The average Bonchev–Trinajstić information content (AvgIpc) is 2.77. The third kappa shape index (κ3) is 3.63. The molecular weight excluding hydrogens is 366 g/mol. The van der Waals surface area contributed by atoms with Gasteiger partial charge in [-0.2, -0.15) is 0 Å². The molecule has 1 amide bonds. The second-order valence-electron chi connectivity index (χ2n) is 7.23. The summed E-state index contributed by atoms with van der Waals surface area (Å²) in [5.41, 5.74) is 3.98. The van der Waals surface area contributed by atoms with E-state index in [2.05, 4.69) is 5.32 Å². The zero-order valence-electron chi connectivity index (χ0n) is 15.9. The van der Waals surface area contributed by atoms with Gasteiger partial charge in [0.15, 0.2) is 11.5 Å². The van der Waals surface area contributed by atoms with Gasteiger partial charge in [-0.05, 0) is 34.9 Å². The number of hydrogen-bond acceptors (Lipinski definition) is 4. The molecule has 3 aromatic rings. The molecule has 0 aliphatic carbocycles. The van der Waals surface area contributed by atoms with Crippen molar-refractivity contribution in [1.29, 1.82) is 0 Å². The largest absolute Gasteiger partial charge is 0.489 e. The van der Waals surface area contributed by atoms with Gasteiger partial charge in [-0.3, -0.25) is 4.79 Å². The Morgan fingerprint density at radius 2 is 1.72 bits per heavy atom. The van der Waals surface area contributed by atoms with Crippen LogP contribution in [0.2, 0.25) is 0 Å². The van der Waals surface area contributed by atoms with Gasteiger partial charge in [0.2, 0.25) is 5.91 Å². The van der Waals surface area contributed by atoms with Gasteiger partial charge < -0.3 is 19.5 Å². The fourth-order valence-corrected chi connectivity index (χ4v) is 3.86. The number of fused-ring (bicyclic) bond motifs is 2. The highest BCUT2D eigenvalue weighted by Gasteiger charge is 2.29. The molecule has 5 heteroatoms. The van der Waals surface area contributed by atoms with Crippen molar-refractivity contribution in [2.75, 3.05) is 18.5 Å². The summed E-state index contributed by atoms with van der Waals surface area (Å²) in [6, 6.07) is 21.9. The van der Waals surface area contributed by atoms with Gasteiger partial charge in [-0.25, -0.2) is 0 Å². The Labute approximate surface area is 169 Å². The summed E-state index contributed by atoms with van der Waals surface area (Å²) in [7, 11) is 0. The molecule has 0 spiro atoms. The molecule has 0 fully saturated rings. The Morgan fingerprint density at radius 3 is 2.55 bits per heavy atom. The predicted molar refractivity (Wildman–Crippen MR) is 110 cm³/mol. The van der Waals surface area contributed by atoms with E-state index in [1.807, 2.05) is 66.7 Å². The van der Waals surface area contributed by atoms with Crippen LogP contribution in [0, 0.1) is 0 Å². The molecule has 3 aromatic carbocycles. The first-order chi connectivity index (χ1) is 14.3. The van der Waals surface area contributed by atoms with Crippen LogP contribution in [0.5, 0.6) is 17.2 Å². The maximum absolute atomic E-state index is 12.4. The number of rotatable bonds is 4. The molecule has 0 radical (unpaired) electrons. The number of benzene rings is 3. The van der Waals surface area contributed by atoms with Gasteiger partial charge in [-0.1, -0.05) is 42.5 Å². The lowest BCUT2D eigenvalue weighted by atomic mass is 9.84. The number of anilines is 1. The summed E-state index contributed by atoms with van der Waals surface area (Å²) in [5.74, 6) is 2.13. The molecule has 29 heavy (non-hydrogen) atoms. The Kier molecular flexibility index (Phi) is 4.56. The molecule has 0 saturated carbocycles. The number of carbonyl (C=O) groups is 1. The summed E-state index contributed by atoms with van der Waals surface area (Å²) in [6.45, 7) is 1.56. The van der Waals surface area contributed by atoms with Crippen molar-refractivity contribution >= 4 is 11.6 Å². The molecule has 2 aliphatic rings. The lowest BCUT2D eigenvalue weighted by Crippen LogP contribution is -2.24. The van der Waals surface area contributed by atoms with Crippen LogP contribution >= 0.6 is 0 Å². The molecule has 5 rings (SSSR count). The van der Waals surface area contributed by atoms with E-state index in [1.165, 1.54) is 0 Å². The van der Waals surface area contributed by atoms with Crippen LogP contribution in [-0.2, 0) is 11.4 Å². The second-order valence-corrected chi connectivity index (χ2v) is 7.23. The Morgan fingerprint density at radius 1 is 0.931 bits per heavy atom. The number of amides is 1. The first-order valence-corrected chi connectivity index (χ1v) is 9.76. The highest BCUT2D eigenvalue weighted by molar-refractivity contribution is 5.96. The van der Waals surface area contributed by atoms with Crippen LogP contribution < -0.4 is 19.5 Å². The Hall–Kier alpha value is -3.47. The SMILES string of the molecule is O=C1C[C@@H](c2cccc(OCc3ccccc3)c2)c2cc3c(cc2N1)OCCO3. The van der Waals surface area contributed by atoms with Crippen molar-refractivity contribution in [3.05, 3.63) is 83.4 Å². The minimum atomic E-state index is -0.0603. The quantitative estimate of drug-likeness (QED) is 0.716. The third-order valence-corrected chi connectivity index (χ3v) is 5.26. The molecule has 0 aromatic heterocycles. The van der Waals surface area contributed by atoms with E-state index in [1.54, 1.807) is 0 Å². The topological polar surface area (TPSA) is 56.8 Å². The summed E-state index contributed by atoms with van der Waals surface area (Å²) < 4.78 is 17.4. The van der Waals surface area contributed by atoms with Gasteiger partial charge in [0.05, 0.1) is 0 Å². The van der Waals surface area contributed by atoms with Gasteiger partial charge >= 0.3 is 0 Å². The number of ether oxygens (including phenoxy) is 3. The van der Waals surface area contributed by atoms with Crippen LogP contribution in [0.25, 0.3) is 0 Å². The zero-order chi connectivity index (χ0) is 19.6. The molecule has 0 unspecified atom stereocenters. The molecule has 5 nitrogen and oxygen atoms in total. The molecule has 1 N–H and O–H groups in total. The third-order valence-electron chi connectivity index (χ3n) is 5.26. The maximum Gasteiger partial charge on any atom is 0.225 e. The normalized spacial score (nSPS) is 17.2. The van der Waals surface area contributed by atoms with Crippen molar-refractivity contribution in [3.63, 3.8) is 0 Å². The lowest BCUT2D eigenvalue weighted by Gasteiger charge is -2.29. The molecule has 2 heterocycles. The van der Waals surface area contributed by atoms with Crippen molar-refractivity contribution in [1.82, 2.24) is 0 Å². The van der Waals surface area contributed by atoms with Crippen molar-refractivity contribution < 1.29 is 19.0 Å². The van der Waals surface area contributed by atoms with Gasteiger partial charge in [0.1, 0.15) is 25.6 Å². The van der Waals surface area contributed by atoms with Crippen LogP contribution in [-0.4, -0.2) is 19.1 Å². The van der Waals surface area contributed by atoms with E-state index in [0.29, 0.717) is 32.0 Å². The standard InChI is InChI=1S/C24H21NO4/c26-24-13-19(20-12-22-23(14-21(20)25-24)28-10-9-27-22)17-7-4-8-18(11-17)29-15-16-5-2-1-3-6-16/h1-8,11-12,14,19H,9-10,13,15H2,(H,25,26)/t19-/m0/s1. The minimum absolute atomic E-state index is 0.00483. The van der Waals surface area contributed by atoms with Crippen molar-refractivity contribution in [2.24, 2.45) is 0 Å². The lowest BCUT2D eigenvalue weighted by molar-refractivity contribution is -0.116. The number of carbonyl (C=O) groups excluding carboxylic acids is 1. The fraction of sp³-hybridized carbons (Fsp3) is 0.208. The summed E-state index contributed by atoms with van der Waals surface area (Å²) in [4.78, 5) is 12.4. The van der Waals surface area contributed by atoms with E-state index in [4.69, 9.17) is 14.2 Å². The monoisotopic (exact) mass is 387 g/mol. The number of hydrogen-bond donors (Lipinski definition) is 1. The Balaban J connectivity index is 1.44. The van der Waals surface area contributed by atoms with Crippen LogP contribution in [0.1, 0.15) is 29.0 Å².